The summed E-state index contributed by atoms with van der Waals surface area (Å²) in [6, 6.07) is 12.2. The summed E-state index contributed by atoms with van der Waals surface area (Å²) in [7, 11) is 0. The first-order chi connectivity index (χ1) is 11.3. The molecule has 1 saturated heterocycles. The van der Waals surface area contributed by atoms with E-state index in [4.69, 9.17) is 9.15 Å². The number of hydrogen-bond donors (Lipinski definition) is 1. The number of amides is 1. The van der Waals surface area contributed by atoms with Crippen LogP contribution in [0.15, 0.2) is 53.1 Å². The molecule has 1 fully saturated rings. The largest absolute Gasteiger partial charge is 0.459 e. The van der Waals surface area contributed by atoms with Gasteiger partial charge in [-0.15, -0.1) is 0 Å². The molecule has 23 heavy (non-hydrogen) atoms. The third-order valence-corrected chi connectivity index (χ3v) is 3.73. The highest BCUT2D eigenvalue weighted by Gasteiger charge is 2.30. The van der Waals surface area contributed by atoms with E-state index < -0.39 is 12.1 Å². The first kappa shape index (κ1) is 15.5. The number of nitrogens with zero attached hydrogens (tertiary/aromatic N) is 1. The zero-order chi connectivity index (χ0) is 16.1. The molecule has 2 heterocycles. The second-order valence-corrected chi connectivity index (χ2v) is 5.23. The SMILES string of the molecule is O=C(N[C@@H](C(=O)c1ccccc1)N1CCOCC1)c1ccco1. The van der Waals surface area contributed by atoms with Crippen molar-refractivity contribution >= 4 is 11.7 Å². The van der Waals surface area contributed by atoms with Gasteiger partial charge in [0, 0.05) is 18.7 Å². The van der Waals surface area contributed by atoms with E-state index in [2.05, 4.69) is 5.32 Å². The van der Waals surface area contributed by atoms with Gasteiger partial charge in [0.15, 0.2) is 11.5 Å². The van der Waals surface area contributed by atoms with Crippen LogP contribution in [0.1, 0.15) is 20.9 Å². The zero-order valence-corrected chi connectivity index (χ0v) is 12.6. The van der Waals surface area contributed by atoms with Crippen molar-refractivity contribution in [1.29, 1.82) is 0 Å². The van der Waals surface area contributed by atoms with E-state index in [1.165, 1.54) is 6.26 Å². The molecule has 1 aliphatic heterocycles. The summed E-state index contributed by atoms with van der Waals surface area (Å²) in [6.45, 7) is 2.24. The Morgan fingerprint density at radius 3 is 2.43 bits per heavy atom. The number of hydrogen-bond acceptors (Lipinski definition) is 5. The smallest absolute Gasteiger partial charge is 0.288 e. The summed E-state index contributed by atoms with van der Waals surface area (Å²) in [5.74, 6) is -0.368. The van der Waals surface area contributed by atoms with E-state index in [1.54, 1.807) is 36.4 Å². The number of carbonyl (C=O) groups excluding carboxylic acids is 2. The highest BCUT2D eigenvalue weighted by atomic mass is 16.5. The van der Waals surface area contributed by atoms with Crippen LogP contribution in [0.25, 0.3) is 0 Å². The van der Waals surface area contributed by atoms with Gasteiger partial charge in [-0.2, -0.15) is 0 Å². The predicted molar refractivity (Wildman–Crippen MR) is 83.1 cm³/mol. The maximum absolute atomic E-state index is 12.8. The van der Waals surface area contributed by atoms with Gasteiger partial charge in [-0.3, -0.25) is 14.5 Å². The second kappa shape index (κ2) is 7.21. The average molecular weight is 314 g/mol. The van der Waals surface area contributed by atoms with E-state index in [9.17, 15) is 9.59 Å². The van der Waals surface area contributed by atoms with E-state index in [0.29, 0.717) is 31.9 Å². The Morgan fingerprint density at radius 1 is 1.04 bits per heavy atom. The third-order valence-electron chi connectivity index (χ3n) is 3.73. The first-order valence-electron chi connectivity index (χ1n) is 7.51. The van der Waals surface area contributed by atoms with Gasteiger partial charge in [0.2, 0.25) is 0 Å². The molecule has 0 bridgehead atoms. The Labute approximate surface area is 134 Å². The zero-order valence-electron chi connectivity index (χ0n) is 12.6. The van der Waals surface area contributed by atoms with Crippen LogP contribution in [0.3, 0.4) is 0 Å². The van der Waals surface area contributed by atoms with Crippen molar-refractivity contribution in [2.75, 3.05) is 26.3 Å². The quantitative estimate of drug-likeness (QED) is 0.848. The number of Topliss-reactive ketones (excluding diaryl/α,β-unsaturated/α-hetero) is 1. The van der Waals surface area contributed by atoms with Gasteiger partial charge in [-0.05, 0) is 12.1 Å². The maximum Gasteiger partial charge on any atom is 0.288 e. The van der Waals surface area contributed by atoms with Gasteiger partial charge < -0.3 is 14.5 Å². The van der Waals surface area contributed by atoms with Crippen LogP contribution in [0.4, 0.5) is 0 Å². The van der Waals surface area contributed by atoms with Crippen LogP contribution in [0.5, 0.6) is 0 Å². The molecular formula is C17H18N2O4. The highest BCUT2D eigenvalue weighted by Crippen LogP contribution is 2.11. The van der Waals surface area contributed by atoms with Crippen LogP contribution in [-0.4, -0.2) is 49.1 Å². The normalized spacial score (nSPS) is 16.7. The van der Waals surface area contributed by atoms with Crippen molar-refractivity contribution < 1.29 is 18.7 Å². The Kier molecular flexibility index (Phi) is 4.85. The number of benzene rings is 1. The molecule has 0 aliphatic carbocycles. The minimum Gasteiger partial charge on any atom is -0.459 e. The van der Waals surface area contributed by atoms with Crippen molar-refractivity contribution in [2.45, 2.75) is 6.17 Å². The number of carbonyl (C=O) groups is 2. The minimum absolute atomic E-state index is 0.146. The van der Waals surface area contributed by atoms with Crippen LogP contribution in [0.2, 0.25) is 0 Å². The number of rotatable bonds is 5. The fourth-order valence-corrected chi connectivity index (χ4v) is 2.52. The van der Waals surface area contributed by atoms with Gasteiger partial charge in [0.1, 0.15) is 6.17 Å². The van der Waals surface area contributed by atoms with E-state index in [-0.39, 0.29) is 11.5 Å². The molecule has 1 aromatic carbocycles. The molecular weight excluding hydrogens is 296 g/mol. The summed E-state index contributed by atoms with van der Waals surface area (Å²) in [5, 5.41) is 2.78. The number of ether oxygens (including phenoxy) is 1. The van der Waals surface area contributed by atoms with Crippen molar-refractivity contribution in [2.24, 2.45) is 0 Å². The third kappa shape index (κ3) is 3.67. The number of furan rings is 1. The highest BCUT2D eigenvalue weighted by molar-refractivity contribution is 6.03. The van der Waals surface area contributed by atoms with E-state index >= 15 is 0 Å². The summed E-state index contributed by atoms with van der Waals surface area (Å²) < 4.78 is 10.4. The molecule has 2 aromatic rings. The number of ketones is 1. The minimum atomic E-state index is -0.737. The average Bonchev–Trinajstić information content (AvgIpc) is 3.15. The van der Waals surface area contributed by atoms with Gasteiger partial charge in [0.25, 0.3) is 5.91 Å². The Morgan fingerprint density at radius 2 is 1.78 bits per heavy atom. The monoisotopic (exact) mass is 314 g/mol. The molecule has 3 rings (SSSR count). The molecule has 1 N–H and O–H groups in total. The molecule has 1 aromatic heterocycles. The van der Waals surface area contributed by atoms with Crippen molar-refractivity contribution in [3.63, 3.8) is 0 Å². The van der Waals surface area contributed by atoms with Crippen LogP contribution in [-0.2, 0) is 4.74 Å². The molecule has 1 aliphatic rings. The fourth-order valence-electron chi connectivity index (χ4n) is 2.52. The van der Waals surface area contributed by atoms with Crippen molar-refractivity contribution in [1.82, 2.24) is 10.2 Å². The van der Waals surface area contributed by atoms with Crippen LogP contribution >= 0.6 is 0 Å². The first-order valence-corrected chi connectivity index (χ1v) is 7.51. The Bertz CT molecular complexity index is 648. The lowest BCUT2D eigenvalue weighted by molar-refractivity contribution is 0.0108. The topological polar surface area (TPSA) is 71.8 Å². The molecule has 120 valence electrons. The van der Waals surface area contributed by atoms with Gasteiger partial charge >= 0.3 is 0 Å². The molecule has 1 atom stereocenters. The molecule has 0 spiro atoms. The Hall–Kier alpha value is -2.44. The van der Waals surface area contributed by atoms with Crippen molar-refractivity contribution in [3.8, 4) is 0 Å². The summed E-state index contributed by atoms with van der Waals surface area (Å²) >= 11 is 0. The lowest BCUT2D eigenvalue weighted by atomic mass is 10.1. The second-order valence-electron chi connectivity index (χ2n) is 5.23. The molecule has 0 radical (unpaired) electrons. The number of nitrogens with one attached hydrogen (secondary N) is 1. The maximum atomic E-state index is 12.8. The van der Waals surface area contributed by atoms with Crippen LogP contribution < -0.4 is 5.32 Å². The number of morpholine rings is 1. The fraction of sp³-hybridized carbons (Fsp3) is 0.294. The molecule has 6 heteroatoms. The Balaban J connectivity index is 1.81. The predicted octanol–water partition coefficient (Wildman–Crippen LogP) is 1.55. The van der Waals surface area contributed by atoms with Crippen LogP contribution in [0, 0.1) is 0 Å². The van der Waals surface area contributed by atoms with E-state index in [1.807, 2.05) is 11.0 Å². The van der Waals surface area contributed by atoms with Crippen molar-refractivity contribution in [3.05, 3.63) is 60.1 Å². The lowest BCUT2D eigenvalue weighted by Crippen LogP contribution is -2.56. The molecule has 6 nitrogen and oxygen atoms in total. The summed E-state index contributed by atoms with van der Waals surface area (Å²) in [4.78, 5) is 27.0. The van der Waals surface area contributed by atoms with E-state index in [0.717, 1.165) is 0 Å². The standard InChI is InChI=1S/C17H18N2O4/c20-15(13-5-2-1-3-6-13)16(19-8-11-22-12-9-19)18-17(21)14-7-4-10-23-14/h1-7,10,16H,8-9,11-12H2,(H,18,21)/t16-/m1/s1. The lowest BCUT2D eigenvalue weighted by Gasteiger charge is -2.33. The van der Waals surface area contributed by atoms with Gasteiger partial charge in [-0.1, -0.05) is 30.3 Å². The molecule has 0 saturated carbocycles. The summed E-state index contributed by atoms with van der Waals surface area (Å²) in [5.41, 5.74) is 0.559. The summed E-state index contributed by atoms with van der Waals surface area (Å²) in [6.07, 6.45) is 0.691. The van der Waals surface area contributed by atoms with Gasteiger partial charge in [-0.25, -0.2) is 0 Å². The van der Waals surface area contributed by atoms with Gasteiger partial charge in [0.05, 0.1) is 19.5 Å². The molecule has 0 unspecified atom stereocenters. The molecule has 1 amide bonds.